The van der Waals surface area contributed by atoms with Gasteiger partial charge in [-0.25, -0.2) is 14.2 Å². The van der Waals surface area contributed by atoms with Gasteiger partial charge in [-0.05, 0) is 45.0 Å². The zero-order chi connectivity index (χ0) is 27.1. The molecule has 0 aliphatic heterocycles. The van der Waals surface area contributed by atoms with Crippen molar-refractivity contribution in [1.82, 2.24) is 10.3 Å². The molecule has 3 rings (SSSR count). The molecule has 1 heterocycles. The number of nitrogens with one attached hydrogen (secondary N) is 1. The fourth-order valence-corrected chi connectivity index (χ4v) is 3.53. The minimum Gasteiger partial charge on any atom is -0.503 e. The molecule has 0 saturated heterocycles. The third-order valence-corrected chi connectivity index (χ3v) is 5.54. The van der Waals surface area contributed by atoms with Crippen molar-refractivity contribution in [3.05, 3.63) is 77.4 Å². The van der Waals surface area contributed by atoms with E-state index < -0.39 is 41.7 Å². The number of aryl methyl sites for hydroxylation is 1. The Morgan fingerprint density at radius 2 is 1.68 bits per heavy atom. The quantitative estimate of drug-likeness (QED) is 0.390. The average Bonchev–Trinajstić information content (AvgIpc) is 2.88. The van der Waals surface area contributed by atoms with Gasteiger partial charge in [-0.3, -0.25) is 4.79 Å². The fraction of sp³-hybridized carbons (Fsp3) is 0.296. The second-order valence-corrected chi connectivity index (χ2v) is 8.29. The van der Waals surface area contributed by atoms with Crippen molar-refractivity contribution in [2.75, 3.05) is 14.2 Å². The molecule has 0 saturated carbocycles. The molecule has 0 aliphatic rings. The molecule has 3 atom stereocenters. The number of hydrogen-bond donors (Lipinski definition) is 2. The third-order valence-electron chi connectivity index (χ3n) is 5.54. The molecule has 9 nitrogen and oxygen atoms in total. The second-order valence-electron chi connectivity index (χ2n) is 8.29. The Labute approximate surface area is 214 Å². The number of methoxy groups -OCH3 is 2. The van der Waals surface area contributed by atoms with E-state index in [2.05, 4.69) is 10.3 Å². The average molecular weight is 513 g/mol. The Balaban J connectivity index is 1.79. The molecule has 0 aliphatic carbocycles. The van der Waals surface area contributed by atoms with Gasteiger partial charge < -0.3 is 29.4 Å². The SMILES string of the molecule is COc1cc(F)ccc1C(Oc1ccc(C)cc1)C(C)OC(=O)[C@H](C)NC(=O)c1nccc(OC)c1O. The molecule has 0 fully saturated rings. The number of benzene rings is 2. The lowest BCUT2D eigenvalue weighted by Gasteiger charge is -2.28. The highest BCUT2D eigenvalue weighted by Gasteiger charge is 2.30. The van der Waals surface area contributed by atoms with E-state index in [1.54, 1.807) is 19.1 Å². The van der Waals surface area contributed by atoms with Crippen molar-refractivity contribution in [3.63, 3.8) is 0 Å². The van der Waals surface area contributed by atoms with E-state index in [1.165, 1.54) is 51.6 Å². The minimum atomic E-state index is -1.10. The molecule has 10 heteroatoms. The number of aromatic hydroxyl groups is 1. The van der Waals surface area contributed by atoms with Crippen molar-refractivity contribution in [3.8, 4) is 23.0 Å². The van der Waals surface area contributed by atoms with Crippen LogP contribution < -0.4 is 19.5 Å². The number of carbonyl (C=O) groups is 2. The molecule has 0 bridgehead atoms. The van der Waals surface area contributed by atoms with Gasteiger partial charge in [0.05, 0.1) is 14.2 Å². The highest BCUT2D eigenvalue weighted by molar-refractivity contribution is 5.97. The van der Waals surface area contributed by atoms with Gasteiger partial charge in [-0.2, -0.15) is 0 Å². The number of carbonyl (C=O) groups excluding carboxylic acids is 2. The van der Waals surface area contributed by atoms with Gasteiger partial charge in [0, 0.05) is 23.9 Å². The number of amides is 1. The van der Waals surface area contributed by atoms with E-state index in [1.807, 2.05) is 19.1 Å². The Bertz CT molecular complexity index is 1250. The van der Waals surface area contributed by atoms with Crippen molar-refractivity contribution in [2.24, 2.45) is 0 Å². The number of nitrogens with zero attached hydrogens (tertiary/aromatic N) is 1. The lowest BCUT2D eigenvalue weighted by atomic mass is 10.0. The summed E-state index contributed by atoms with van der Waals surface area (Å²) >= 11 is 0. The first-order valence-corrected chi connectivity index (χ1v) is 11.4. The maximum absolute atomic E-state index is 13.8. The van der Waals surface area contributed by atoms with E-state index in [-0.39, 0.29) is 17.2 Å². The highest BCUT2D eigenvalue weighted by atomic mass is 19.1. The van der Waals surface area contributed by atoms with E-state index >= 15 is 0 Å². The van der Waals surface area contributed by atoms with Crippen molar-refractivity contribution < 1.29 is 38.0 Å². The number of esters is 1. The van der Waals surface area contributed by atoms with Crippen LogP contribution in [0.3, 0.4) is 0 Å². The molecule has 2 unspecified atom stereocenters. The van der Waals surface area contributed by atoms with Crippen LogP contribution in [0.1, 0.15) is 41.6 Å². The summed E-state index contributed by atoms with van der Waals surface area (Å²) in [5.74, 6) is -1.71. The summed E-state index contributed by atoms with van der Waals surface area (Å²) in [7, 11) is 2.74. The highest BCUT2D eigenvalue weighted by Crippen LogP contribution is 2.34. The molecule has 0 radical (unpaired) electrons. The molecule has 1 aromatic heterocycles. The van der Waals surface area contributed by atoms with E-state index in [0.29, 0.717) is 11.3 Å². The Kier molecular flexibility index (Phi) is 8.89. The first-order chi connectivity index (χ1) is 17.6. The van der Waals surface area contributed by atoms with E-state index in [4.69, 9.17) is 18.9 Å². The number of pyridine rings is 1. The van der Waals surface area contributed by atoms with Crippen molar-refractivity contribution in [2.45, 2.75) is 39.0 Å². The van der Waals surface area contributed by atoms with Crippen LogP contribution in [0.5, 0.6) is 23.0 Å². The largest absolute Gasteiger partial charge is 0.503 e. The molecular weight excluding hydrogens is 483 g/mol. The normalized spacial score (nSPS) is 13.1. The van der Waals surface area contributed by atoms with Crippen molar-refractivity contribution in [1.29, 1.82) is 0 Å². The Hall–Kier alpha value is -4.34. The molecule has 2 N–H and O–H groups in total. The standard InChI is InChI=1S/C27H29FN2O7/c1-15-6-9-19(10-7-15)37-25(20-11-8-18(28)14-22(20)35-5)17(3)36-27(33)16(2)30-26(32)23-24(31)21(34-4)12-13-29-23/h6-14,16-17,25,31H,1-5H3,(H,30,32)/t16-,17?,25?/m0/s1. The molecular formula is C27H29FN2O7. The number of aromatic nitrogens is 1. The second kappa shape index (κ2) is 12.1. The topological polar surface area (TPSA) is 116 Å². The van der Waals surface area contributed by atoms with Gasteiger partial charge in [-0.15, -0.1) is 0 Å². The summed E-state index contributed by atoms with van der Waals surface area (Å²) in [6.45, 7) is 4.98. The predicted molar refractivity (Wildman–Crippen MR) is 132 cm³/mol. The number of rotatable bonds is 10. The summed E-state index contributed by atoms with van der Waals surface area (Å²) < 4.78 is 35.9. The fourth-order valence-electron chi connectivity index (χ4n) is 3.53. The Morgan fingerprint density at radius 1 is 1.00 bits per heavy atom. The van der Waals surface area contributed by atoms with Gasteiger partial charge in [0.1, 0.15) is 29.5 Å². The summed E-state index contributed by atoms with van der Waals surface area (Å²) in [5, 5.41) is 12.6. The van der Waals surface area contributed by atoms with Gasteiger partial charge in [0.15, 0.2) is 23.3 Å². The van der Waals surface area contributed by atoms with Crippen LogP contribution in [0.4, 0.5) is 4.39 Å². The zero-order valence-electron chi connectivity index (χ0n) is 21.2. The van der Waals surface area contributed by atoms with Gasteiger partial charge in [-0.1, -0.05) is 17.7 Å². The minimum absolute atomic E-state index is 0.0633. The van der Waals surface area contributed by atoms with E-state index in [0.717, 1.165) is 5.56 Å². The van der Waals surface area contributed by atoms with Gasteiger partial charge >= 0.3 is 5.97 Å². The lowest BCUT2D eigenvalue weighted by molar-refractivity contribution is -0.154. The van der Waals surface area contributed by atoms with E-state index in [9.17, 15) is 19.1 Å². The van der Waals surface area contributed by atoms with Crippen LogP contribution in [-0.2, 0) is 9.53 Å². The molecule has 0 spiro atoms. The third kappa shape index (κ3) is 6.66. The smallest absolute Gasteiger partial charge is 0.328 e. The summed E-state index contributed by atoms with van der Waals surface area (Å²) in [5.41, 5.74) is 1.19. The van der Waals surface area contributed by atoms with Gasteiger partial charge in [0.2, 0.25) is 0 Å². The van der Waals surface area contributed by atoms with Crippen LogP contribution in [0.2, 0.25) is 0 Å². The predicted octanol–water partition coefficient (Wildman–Crippen LogP) is 4.12. The number of ether oxygens (including phenoxy) is 4. The molecule has 37 heavy (non-hydrogen) atoms. The Morgan fingerprint density at radius 3 is 2.32 bits per heavy atom. The number of hydrogen-bond acceptors (Lipinski definition) is 8. The molecule has 196 valence electrons. The molecule has 1 amide bonds. The maximum atomic E-state index is 13.8. The van der Waals surface area contributed by atoms with Crippen molar-refractivity contribution >= 4 is 11.9 Å². The number of halogens is 1. The first kappa shape index (κ1) is 27.3. The zero-order valence-corrected chi connectivity index (χ0v) is 21.2. The van der Waals surface area contributed by atoms with Crippen LogP contribution in [0.15, 0.2) is 54.7 Å². The molecule has 2 aromatic carbocycles. The molecule has 3 aromatic rings. The van der Waals surface area contributed by atoms with Crippen LogP contribution >= 0.6 is 0 Å². The summed E-state index contributed by atoms with van der Waals surface area (Å²) in [6.07, 6.45) is -0.452. The summed E-state index contributed by atoms with van der Waals surface area (Å²) in [4.78, 5) is 29.3. The monoisotopic (exact) mass is 512 g/mol. The van der Waals surface area contributed by atoms with Gasteiger partial charge in [0.25, 0.3) is 5.91 Å². The lowest BCUT2D eigenvalue weighted by Crippen LogP contribution is -2.42. The summed E-state index contributed by atoms with van der Waals surface area (Å²) in [6, 6.07) is 11.5. The van der Waals surface area contributed by atoms with Crippen LogP contribution in [0.25, 0.3) is 0 Å². The maximum Gasteiger partial charge on any atom is 0.328 e. The van der Waals surface area contributed by atoms with Crippen LogP contribution in [-0.4, -0.2) is 48.3 Å². The first-order valence-electron chi connectivity index (χ1n) is 11.4. The van der Waals surface area contributed by atoms with Crippen LogP contribution in [0, 0.1) is 12.7 Å².